The van der Waals surface area contributed by atoms with Gasteiger partial charge in [0.1, 0.15) is 5.75 Å². The maximum absolute atomic E-state index is 12.3. The number of ether oxygens (including phenoxy) is 1. The Morgan fingerprint density at radius 2 is 1.93 bits per heavy atom. The van der Waals surface area contributed by atoms with Crippen molar-refractivity contribution in [2.24, 2.45) is 4.99 Å². The van der Waals surface area contributed by atoms with Crippen LogP contribution in [0.2, 0.25) is 0 Å². The number of methoxy groups -OCH3 is 1. The van der Waals surface area contributed by atoms with Crippen LogP contribution in [0.3, 0.4) is 0 Å². The molecule has 0 bridgehead atoms. The summed E-state index contributed by atoms with van der Waals surface area (Å²) in [7, 11) is 3.42. The third-order valence-electron chi connectivity index (χ3n) is 4.84. The topological polar surface area (TPSA) is 66.0 Å². The van der Waals surface area contributed by atoms with E-state index in [1.54, 1.807) is 14.2 Å². The van der Waals surface area contributed by atoms with Gasteiger partial charge in [0.05, 0.1) is 7.11 Å². The summed E-state index contributed by atoms with van der Waals surface area (Å²) < 4.78 is 5.17. The first-order chi connectivity index (χ1) is 12.6. The number of hydrogen-bond acceptors (Lipinski definition) is 3. The van der Waals surface area contributed by atoms with Gasteiger partial charge in [0.25, 0.3) is 0 Å². The van der Waals surface area contributed by atoms with Crippen LogP contribution >= 0.6 is 24.0 Å². The Hall–Kier alpha value is -1.51. The zero-order valence-corrected chi connectivity index (χ0v) is 19.0. The van der Waals surface area contributed by atoms with E-state index in [1.807, 2.05) is 17.0 Å². The molecule has 1 aliphatic rings. The smallest absolute Gasteiger partial charge is 0.224 e. The fourth-order valence-corrected chi connectivity index (χ4v) is 3.24. The quantitative estimate of drug-likeness (QED) is 0.352. The molecule has 1 aromatic rings. The lowest BCUT2D eigenvalue weighted by atomic mass is 10.0. The fraction of sp³-hybridized carbons (Fsp3) is 0.600. The third-order valence-corrected chi connectivity index (χ3v) is 4.84. The normalized spacial score (nSPS) is 17.1. The van der Waals surface area contributed by atoms with Crippen molar-refractivity contribution in [3.8, 4) is 5.75 Å². The summed E-state index contributed by atoms with van der Waals surface area (Å²) in [5.74, 6) is 1.84. The number of amides is 1. The Kier molecular flexibility index (Phi) is 11.2. The number of nitrogens with zero attached hydrogens (tertiary/aromatic N) is 2. The molecule has 1 aromatic carbocycles. The van der Waals surface area contributed by atoms with Crippen molar-refractivity contribution < 1.29 is 9.53 Å². The van der Waals surface area contributed by atoms with Gasteiger partial charge in [-0.2, -0.15) is 0 Å². The molecule has 2 N–H and O–H groups in total. The van der Waals surface area contributed by atoms with Gasteiger partial charge in [0.2, 0.25) is 5.91 Å². The molecule has 0 radical (unpaired) electrons. The van der Waals surface area contributed by atoms with E-state index in [9.17, 15) is 4.79 Å². The minimum Gasteiger partial charge on any atom is -0.497 e. The van der Waals surface area contributed by atoms with Gasteiger partial charge in [0.15, 0.2) is 5.96 Å². The number of hydrogen-bond donors (Lipinski definition) is 2. The molecule has 1 heterocycles. The van der Waals surface area contributed by atoms with E-state index in [4.69, 9.17) is 4.74 Å². The predicted octanol–water partition coefficient (Wildman–Crippen LogP) is 2.81. The third kappa shape index (κ3) is 7.94. The molecule has 27 heavy (non-hydrogen) atoms. The average Bonchev–Trinajstić information content (AvgIpc) is 2.67. The van der Waals surface area contributed by atoms with Gasteiger partial charge in [-0.05, 0) is 50.3 Å². The van der Waals surface area contributed by atoms with Crippen LogP contribution in [0, 0.1) is 0 Å². The molecule has 0 aromatic heterocycles. The standard InChI is InChI=1S/C20H32N4O2.HI/c1-16-6-4-5-15-24(16)19(25)12-14-23-20(21-2)22-13-11-17-7-9-18(26-3)10-8-17;/h7-10,16H,4-6,11-15H2,1-3H3,(H2,21,22,23);1H. The highest BCUT2D eigenvalue weighted by Gasteiger charge is 2.22. The molecule has 152 valence electrons. The van der Waals surface area contributed by atoms with E-state index in [2.05, 4.69) is 34.7 Å². The summed E-state index contributed by atoms with van der Waals surface area (Å²) in [6.07, 6.45) is 4.87. The number of rotatable bonds is 7. The highest BCUT2D eigenvalue weighted by atomic mass is 127. The van der Waals surface area contributed by atoms with Crippen molar-refractivity contribution in [3.63, 3.8) is 0 Å². The first-order valence-corrected chi connectivity index (χ1v) is 9.51. The van der Waals surface area contributed by atoms with Crippen molar-refractivity contribution in [2.45, 2.75) is 45.1 Å². The zero-order valence-electron chi connectivity index (χ0n) is 16.7. The predicted molar refractivity (Wildman–Crippen MR) is 121 cm³/mol. The molecule has 1 aliphatic heterocycles. The van der Waals surface area contributed by atoms with E-state index in [0.717, 1.165) is 44.1 Å². The summed E-state index contributed by atoms with van der Waals surface area (Å²) in [4.78, 5) is 18.6. The van der Waals surface area contributed by atoms with Gasteiger partial charge in [0, 0.05) is 39.1 Å². The summed E-state index contributed by atoms with van der Waals surface area (Å²) in [5.41, 5.74) is 1.24. The second-order valence-corrected chi connectivity index (χ2v) is 6.71. The Morgan fingerprint density at radius 1 is 1.22 bits per heavy atom. The Bertz CT molecular complexity index is 592. The molecule has 1 saturated heterocycles. The van der Waals surface area contributed by atoms with Crippen LogP contribution in [0.4, 0.5) is 0 Å². The van der Waals surface area contributed by atoms with Crippen LogP contribution < -0.4 is 15.4 Å². The Labute approximate surface area is 180 Å². The molecule has 6 nitrogen and oxygen atoms in total. The van der Waals surface area contributed by atoms with Crippen LogP contribution in [0.15, 0.2) is 29.3 Å². The Morgan fingerprint density at radius 3 is 2.56 bits per heavy atom. The van der Waals surface area contributed by atoms with Crippen LogP contribution in [0.25, 0.3) is 0 Å². The van der Waals surface area contributed by atoms with Crippen LogP contribution in [-0.2, 0) is 11.2 Å². The van der Waals surface area contributed by atoms with Gasteiger partial charge in [-0.25, -0.2) is 0 Å². The molecule has 1 fully saturated rings. The number of benzene rings is 1. The number of aliphatic imine (C=N–C) groups is 1. The van der Waals surface area contributed by atoms with Crippen molar-refractivity contribution in [2.75, 3.05) is 33.8 Å². The number of carbonyl (C=O) groups is 1. The lowest BCUT2D eigenvalue weighted by Gasteiger charge is -2.33. The molecule has 1 unspecified atom stereocenters. The molecule has 2 rings (SSSR count). The van der Waals surface area contributed by atoms with Crippen molar-refractivity contribution in [1.82, 2.24) is 15.5 Å². The number of likely N-dealkylation sites (tertiary alicyclic amines) is 1. The number of guanidine groups is 1. The van der Waals surface area contributed by atoms with Crippen molar-refractivity contribution >= 4 is 35.8 Å². The van der Waals surface area contributed by atoms with E-state index >= 15 is 0 Å². The van der Waals surface area contributed by atoms with Crippen LogP contribution in [-0.4, -0.2) is 56.6 Å². The molecule has 7 heteroatoms. The van der Waals surface area contributed by atoms with E-state index < -0.39 is 0 Å². The molecular formula is C20H33IN4O2. The monoisotopic (exact) mass is 488 g/mol. The zero-order chi connectivity index (χ0) is 18.8. The molecule has 0 spiro atoms. The molecular weight excluding hydrogens is 455 g/mol. The van der Waals surface area contributed by atoms with Gasteiger partial charge < -0.3 is 20.3 Å². The number of nitrogens with one attached hydrogen (secondary N) is 2. The average molecular weight is 488 g/mol. The van der Waals surface area contributed by atoms with Crippen LogP contribution in [0.5, 0.6) is 5.75 Å². The summed E-state index contributed by atoms with van der Waals surface area (Å²) in [6, 6.07) is 8.44. The Balaban J connectivity index is 0.00000364. The summed E-state index contributed by atoms with van der Waals surface area (Å²) in [6.45, 7) is 4.42. The summed E-state index contributed by atoms with van der Waals surface area (Å²) >= 11 is 0. The molecule has 1 amide bonds. The van der Waals surface area contributed by atoms with Gasteiger partial charge in [-0.15, -0.1) is 24.0 Å². The van der Waals surface area contributed by atoms with E-state index in [-0.39, 0.29) is 29.9 Å². The fourth-order valence-electron chi connectivity index (χ4n) is 3.24. The maximum Gasteiger partial charge on any atom is 0.224 e. The lowest BCUT2D eigenvalue weighted by molar-refractivity contribution is -0.134. The minimum absolute atomic E-state index is 0. The van der Waals surface area contributed by atoms with Gasteiger partial charge >= 0.3 is 0 Å². The second-order valence-electron chi connectivity index (χ2n) is 6.71. The first kappa shape index (κ1) is 23.5. The van der Waals surface area contributed by atoms with E-state index in [0.29, 0.717) is 19.0 Å². The highest BCUT2D eigenvalue weighted by Crippen LogP contribution is 2.17. The number of carbonyl (C=O) groups excluding carboxylic acids is 1. The molecule has 0 aliphatic carbocycles. The van der Waals surface area contributed by atoms with Crippen molar-refractivity contribution in [3.05, 3.63) is 29.8 Å². The van der Waals surface area contributed by atoms with Gasteiger partial charge in [-0.3, -0.25) is 9.79 Å². The molecule has 0 saturated carbocycles. The first-order valence-electron chi connectivity index (χ1n) is 9.51. The largest absolute Gasteiger partial charge is 0.497 e. The lowest BCUT2D eigenvalue weighted by Crippen LogP contribution is -2.44. The van der Waals surface area contributed by atoms with Gasteiger partial charge in [-0.1, -0.05) is 12.1 Å². The second kappa shape index (κ2) is 12.8. The highest BCUT2D eigenvalue weighted by molar-refractivity contribution is 14.0. The molecule has 1 atom stereocenters. The van der Waals surface area contributed by atoms with Crippen LogP contribution in [0.1, 0.15) is 38.2 Å². The minimum atomic E-state index is 0. The number of halogens is 1. The maximum atomic E-state index is 12.3. The number of piperidine rings is 1. The van der Waals surface area contributed by atoms with E-state index in [1.165, 1.54) is 12.0 Å². The SMILES string of the molecule is CN=C(NCCC(=O)N1CCCCC1C)NCCc1ccc(OC)cc1.I. The summed E-state index contributed by atoms with van der Waals surface area (Å²) in [5, 5.41) is 6.52. The van der Waals surface area contributed by atoms with Crippen molar-refractivity contribution in [1.29, 1.82) is 0 Å².